The Morgan fingerprint density at radius 3 is 2.50 bits per heavy atom. The molecule has 0 saturated heterocycles. The molecule has 0 fully saturated rings. The van der Waals surface area contributed by atoms with Gasteiger partial charge in [0.15, 0.2) is 0 Å². The first-order valence-electron chi connectivity index (χ1n) is 6.28. The fraction of sp³-hybridized carbons (Fsp3) is 0.500. The van der Waals surface area contributed by atoms with Gasteiger partial charge in [0.05, 0.1) is 12.2 Å². The Bertz CT molecular complexity index is 469. The summed E-state index contributed by atoms with van der Waals surface area (Å²) >= 11 is 0. The second-order valence-corrected chi connectivity index (χ2v) is 4.50. The molecule has 20 heavy (non-hydrogen) atoms. The summed E-state index contributed by atoms with van der Waals surface area (Å²) in [6, 6.07) is 2.87. The lowest BCUT2D eigenvalue weighted by Crippen LogP contribution is -2.10. The third-order valence-corrected chi connectivity index (χ3v) is 2.97. The molecule has 0 amide bonds. The predicted octanol–water partition coefficient (Wildman–Crippen LogP) is 4.29. The Balaban J connectivity index is 2.68. The number of esters is 1. The van der Waals surface area contributed by atoms with Crippen molar-refractivity contribution in [2.24, 2.45) is 0 Å². The fourth-order valence-corrected chi connectivity index (χ4v) is 1.69. The maximum atomic E-state index is 13.4. The average Bonchev–Trinajstić information content (AvgIpc) is 2.36. The lowest BCUT2D eigenvalue weighted by Gasteiger charge is -2.14. The van der Waals surface area contributed by atoms with Gasteiger partial charge in [0.2, 0.25) is 0 Å². The summed E-state index contributed by atoms with van der Waals surface area (Å²) in [6.45, 7) is 3.56. The van der Waals surface area contributed by atoms with Gasteiger partial charge in [-0.1, -0.05) is 19.9 Å². The van der Waals surface area contributed by atoms with Crippen molar-refractivity contribution in [1.29, 1.82) is 0 Å². The zero-order chi connectivity index (χ0) is 15.3. The van der Waals surface area contributed by atoms with Crippen LogP contribution >= 0.6 is 0 Å². The molecule has 6 heteroatoms. The van der Waals surface area contributed by atoms with Crippen LogP contribution < -0.4 is 0 Å². The van der Waals surface area contributed by atoms with E-state index in [1.165, 1.54) is 6.07 Å². The number of carbonyl (C=O) groups excluding carboxylic acids is 1. The summed E-state index contributed by atoms with van der Waals surface area (Å²) in [5.74, 6) is -1.82. The minimum Gasteiger partial charge on any atom is -0.466 e. The quantitative estimate of drug-likeness (QED) is 0.597. The van der Waals surface area contributed by atoms with Crippen molar-refractivity contribution in [3.05, 3.63) is 35.1 Å². The number of carbonyl (C=O) groups is 1. The van der Waals surface area contributed by atoms with E-state index in [2.05, 4.69) is 0 Å². The summed E-state index contributed by atoms with van der Waals surface area (Å²) in [4.78, 5) is 10.9. The van der Waals surface area contributed by atoms with Gasteiger partial charge in [-0.05, 0) is 30.0 Å². The van der Waals surface area contributed by atoms with Gasteiger partial charge in [-0.15, -0.1) is 0 Å². The Kier molecular flexibility index (Phi) is 5.53. The smallest absolute Gasteiger partial charge is 0.419 e. The molecular formula is C14H16F4O2. The maximum absolute atomic E-state index is 13.4. The molecule has 0 aliphatic heterocycles. The number of ether oxygens (including phenoxy) is 1. The number of hydrogen-bond acceptors (Lipinski definition) is 2. The van der Waals surface area contributed by atoms with Crippen molar-refractivity contribution in [3.63, 3.8) is 0 Å². The van der Waals surface area contributed by atoms with Gasteiger partial charge in [-0.25, -0.2) is 4.39 Å². The van der Waals surface area contributed by atoms with Crippen LogP contribution in [0.1, 0.15) is 43.7 Å². The zero-order valence-corrected chi connectivity index (χ0v) is 11.3. The Morgan fingerprint density at radius 2 is 2.00 bits per heavy atom. The first-order chi connectivity index (χ1) is 9.25. The highest BCUT2D eigenvalue weighted by Crippen LogP contribution is 2.33. The van der Waals surface area contributed by atoms with E-state index >= 15 is 0 Å². The molecule has 1 rings (SSSR count). The van der Waals surface area contributed by atoms with Crippen LogP contribution in [0.2, 0.25) is 0 Å². The van der Waals surface area contributed by atoms with E-state index in [4.69, 9.17) is 4.74 Å². The zero-order valence-electron chi connectivity index (χ0n) is 11.3. The monoisotopic (exact) mass is 292 g/mol. The van der Waals surface area contributed by atoms with E-state index in [-0.39, 0.29) is 24.9 Å². The normalized spacial score (nSPS) is 13.1. The van der Waals surface area contributed by atoms with Gasteiger partial charge in [0.1, 0.15) is 5.82 Å². The molecule has 0 heterocycles. The third kappa shape index (κ3) is 4.51. The van der Waals surface area contributed by atoms with Crippen LogP contribution in [-0.4, -0.2) is 12.6 Å². The van der Waals surface area contributed by atoms with Crippen molar-refractivity contribution in [1.82, 2.24) is 0 Å². The molecule has 1 aromatic carbocycles. The molecule has 0 aromatic heterocycles. The Labute approximate surface area is 114 Å². The number of benzene rings is 1. The fourth-order valence-electron chi connectivity index (χ4n) is 1.69. The summed E-state index contributed by atoms with van der Waals surface area (Å²) < 4.78 is 55.5. The molecule has 0 aliphatic carbocycles. The molecule has 0 aliphatic rings. The van der Waals surface area contributed by atoms with E-state index in [0.29, 0.717) is 12.0 Å². The van der Waals surface area contributed by atoms with E-state index in [1.54, 1.807) is 13.8 Å². The molecule has 0 saturated carbocycles. The summed E-state index contributed by atoms with van der Waals surface area (Å²) in [7, 11) is 0. The molecule has 112 valence electrons. The minimum absolute atomic E-state index is 0.163. The van der Waals surface area contributed by atoms with Gasteiger partial charge >= 0.3 is 12.1 Å². The highest BCUT2D eigenvalue weighted by molar-refractivity contribution is 5.68. The topological polar surface area (TPSA) is 26.3 Å². The van der Waals surface area contributed by atoms with Gasteiger partial charge in [0.25, 0.3) is 0 Å². The van der Waals surface area contributed by atoms with Crippen LogP contribution in [0.3, 0.4) is 0 Å². The molecular weight excluding hydrogens is 276 g/mol. The molecule has 1 aromatic rings. The van der Waals surface area contributed by atoms with Crippen molar-refractivity contribution in [2.75, 3.05) is 6.61 Å². The lowest BCUT2D eigenvalue weighted by molar-refractivity contribution is -0.143. The molecule has 0 bridgehead atoms. The maximum Gasteiger partial charge on any atom is 0.419 e. The molecule has 1 unspecified atom stereocenters. The first-order valence-corrected chi connectivity index (χ1v) is 6.28. The van der Waals surface area contributed by atoms with Crippen LogP contribution in [0.5, 0.6) is 0 Å². The van der Waals surface area contributed by atoms with E-state index < -0.39 is 17.6 Å². The predicted molar refractivity (Wildman–Crippen MR) is 65.7 cm³/mol. The van der Waals surface area contributed by atoms with E-state index in [9.17, 15) is 22.4 Å². The molecule has 0 N–H and O–H groups in total. The molecule has 2 nitrogen and oxygen atoms in total. The van der Waals surface area contributed by atoms with Crippen LogP contribution in [0.4, 0.5) is 17.6 Å². The molecule has 0 spiro atoms. The SMILES string of the molecule is CCC(=O)OCCC(C)c1ccc(C(F)(F)F)c(F)c1. The van der Waals surface area contributed by atoms with Crippen LogP contribution in [-0.2, 0) is 15.7 Å². The number of hydrogen-bond donors (Lipinski definition) is 0. The van der Waals surface area contributed by atoms with Crippen molar-refractivity contribution < 1.29 is 27.1 Å². The summed E-state index contributed by atoms with van der Waals surface area (Å²) in [5.41, 5.74) is -0.825. The van der Waals surface area contributed by atoms with Crippen molar-refractivity contribution >= 4 is 5.97 Å². The van der Waals surface area contributed by atoms with Gasteiger partial charge in [-0.2, -0.15) is 13.2 Å². The number of rotatable bonds is 5. The molecule has 1 atom stereocenters. The number of halogens is 4. The van der Waals surface area contributed by atoms with Crippen molar-refractivity contribution in [3.8, 4) is 0 Å². The molecule has 0 radical (unpaired) electrons. The summed E-state index contributed by atoms with van der Waals surface area (Å²) in [6.07, 6.45) is -4.00. The van der Waals surface area contributed by atoms with E-state index in [0.717, 1.165) is 12.1 Å². The van der Waals surface area contributed by atoms with Crippen LogP contribution in [0, 0.1) is 5.82 Å². The Hall–Kier alpha value is -1.59. The van der Waals surface area contributed by atoms with Crippen LogP contribution in [0.25, 0.3) is 0 Å². The number of alkyl halides is 3. The third-order valence-electron chi connectivity index (χ3n) is 2.97. The average molecular weight is 292 g/mol. The van der Waals surface area contributed by atoms with Crippen LogP contribution in [0.15, 0.2) is 18.2 Å². The van der Waals surface area contributed by atoms with Gasteiger partial charge < -0.3 is 4.74 Å². The van der Waals surface area contributed by atoms with Gasteiger partial charge in [-0.3, -0.25) is 4.79 Å². The highest BCUT2D eigenvalue weighted by atomic mass is 19.4. The standard InChI is InChI=1S/C14H16F4O2/c1-3-13(19)20-7-6-9(2)10-4-5-11(12(15)8-10)14(16,17)18/h4-5,8-9H,3,6-7H2,1-2H3. The Morgan fingerprint density at radius 1 is 1.35 bits per heavy atom. The van der Waals surface area contributed by atoms with E-state index in [1.807, 2.05) is 0 Å². The first kappa shape index (κ1) is 16.5. The highest BCUT2D eigenvalue weighted by Gasteiger charge is 2.34. The lowest BCUT2D eigenvalue weighted by atomic mass is 9.96. The van der Waals surface area contributed by atoms with Crippen molar-refractivity contribution in [2.45, 2.75) is 38.8 Å². The second-order valence-electron chi connectivity index (χ2n) is 4.50. The minimum atomic E-state index is -4.69. The second kappa shape index (κ2) is 6.72. The summed E-state index contributed by atoms with van der Waals surface area (Å²) in [5, 5.41) is 0. The largest absolute Gasteiger partial charge is 0.466 e. The van der Waals surface area contributed by atoms with Gasteiger partial charge in [0, 0.05) is 6.42 Å².